The van der Waals surface area contributed by atoms with Gasteiger partial charge in [0.05, 0.1) is 0 Å². The monoisotopic (exact) mass is 529 g/mol. The third-order valence-electron chi connectivity index (χ3n) is 7.78. The summed E-state index contributed by atoms with van der Waals surface area (Å²) in [4.78, 5) is 0. The summed E-state index contributed by atoms with van der Waals surface area (Å²) in [5.74, 6) is 2.02. The molecule has 0 amide bonds. The van der Waals surface area contributed by atoms with Gasteiger partial charge in [0.25, 0.3) is 0 Å². The zero-order chi connectivity index (χ0) is 26.2. The van der Waals surface area contributed by atoms with Gasteiger partial charge in [0.15, 0.2) is 0 Å². The molecule has 2 aromatic carbocycles. The molecule has 2 rings (SSSR count). The summed E-state index contributed by atoms with van der Waals surface area (Å²) in [6, 6.07) is 17.1. The van der Waals surface area contributed by atoms with Crippen LogP contribution in [-0.4, -0.2) is 0 Å². The molecule has 0 aromatic heterocycles. The van der Waals surface area contributed by atoms with Crippen molar-refractivity contribution in [2.24, 2.45) is 0 Å². The summed E-state index contributed by atoms with van der Waals surface area (Å²) in [5, 5.41) is 0. The number of benzene rings is 2. The number of aryl methyl sites for hydroxylation is 1. The summed E-state index contributed by atoms with van der Waals surface area (Å²) in [6.07, 6.45) is 30.1. The van der Waals surface area contributed by atoms with Crippen LogP contribution in [-0.2, 0) is 12.8 Å². The average Bonchev–Trinajstić information content (AvgIpc) is 2.92. The van der Waals surface area contributed by atoms with E-state index in [1.165, 1.54) is 146 Å². The Kier molecular flexibility index (Phi) is 23.4. The minimum atomic E-state index is 0. The Morgan fingerprint density at radius 2 is 0.895 bits per heavy atom. The number of rotatable bonds is 24. The zero-order valence-corrected chi connectivity index (χ0v) is 27.6. The quantitative estimate of drug-likeness (QED) is 0.0972. The minimum absolute atomic E-state index is 0. The van der Waals surface area contributed by atoms with E-state index in [1.54, 1.807) is 0 Å². The van der Waals surface area contributed by atoms with Crippen LogP contribution in [0.25, 0.3) is 0 Å². The predicted octanol–water partition coefficient (Wildman–Crippen LogP) is 9.41. The Morgan fingerprint density at radius 1 is 0.447 bits per heavy atom. The second-order valence-corrected chi connectivity index (χ2v) is 11.2. The van der Waals surface area contributed by atoms with Crippen LogP contribution in [0, 0.1) is 0 Å². The molecule has 2 aromatic rings. The van der Waals surface area contributed by atoms with E-state index in [0.717, 1.165) is 17.9 Å². The number of ether oxygens (including phenoxy) is 1. The number of hydrogen-bond donors (Lipinski definition) is 0. The van der Waals surface area contributed by atoms with Gasteiger partial charge < -0.3 is 4.74 Å². The topological polar surface area (TPSA) is 9.23 Å². The van der Waals surface area contributed by atoms with Gasteiger partial charge in [-0.25, -0.2) is 0 Å². The smallest absolute Gasteiger partial charge is 0.457 e. The molecule has 208 valence electrons. The van der Waals surface area contributed by atoms with Crippen molar-refractivity contribution in [3.63, 3.8) is 0 Å². The van der Waals surface area contributed by atoms with Gasteiger partial charge in [-0.3, -0.25) is 0 Å². The fraction of sp³-hybridized carbons (Fsp3) is 0.667. The first-order valence-corrected chi connectivity index (χ1v) is 16.2. The van der Waals surface area contributed by atoms with Crippen molar-refractivity contribution < 1.29 is 34.3 Å². The standard InChI is InChI=1S/C36H58O.Na/c1-3-5-7-9-11-13-15-17-19-22-27-33-28-26-32-36(37-34-29-23-21-24-30-34)35(33)31-25-20-18-16-14-12-10-8-6-4-2;/h21,23-24,26,28-30,32H,3-20,22,25,27,31H2,1-2H3;/q;+1. The van der Waals surface area contributed by atoms with Crippen molar-refractivity contribution in [2.75, 3.05) is 0 Å². The van der Waals surface area contributed by atoms with Crippen LogP contribution in [0.3, 0.4) is 0 Å². The van der Waals surface area contributed by atoms with Crippen molar-refractivity contribution in [3.05, 3.63) is 59.7 Å². The summed E-state index contributed by atoms with van der Waals surface area (Å²) >= 11 is 0. The first kappa shape index (κ1) is 35.3. The Balaban J connectivity index is 0.00000722. The van der Waals surface area contributed by atoms with Gasteiger partial charge in [0, 0.05) is 0 Å². The van der Waals surface area contributed by atoms with Crippen LogP contribution < -0.4 is 34.3 Å². The van der Waals surface area contributed by atoms with Crippen LogP contribution >= 0.6 is 0 Å². The Labute approximate surface area is 259 Å². The molecule has 0 saturated heterocycles. The van der Waals surface area contributed by atoms with E-state index in [2.05, 4.69) is 62.4 Å². The van der Waals surface area contributed by atoms with E-state index in [1.807, 2.05) is 0 Å². The van der Waals surface area contributed by atoms with E-state index in [-0.39, 0.29) is 29.6 Å². The third kappa shape index (κ3) is 17.0. The fourth-order valence-electron chi connectivity index (χ4n) is 5.43. The second kappa shape index (κ2) is 25.2. The normalized spacial score (nSPS) is 10.9. The molecule has 0 atom stereocenters. The van der Waals surface area contributed by atoms with Crippen LogP contribution in [0.5, 0.6) is 11.5 Å². The molecular weight excluding hydrogens is 471 g/mol. The first-order valence-electron chi connectivity index (χ1n) is 16.2. The maximum atomic E-state index is 6.39. The Hall–Kier alpha value is -0.760. The molecule has 38 heavy (non-hydrogen) atoms. The molecule has 2 heteroatoms. The number of unbranched alkanes of at least 4 members (excludes halogenated alkanes) is 18. The molecule has 1 nitrogen and oxygen atoms in total. The van der Waals surface area contributed by atoms with Gasteiger partial charge >= 0.3 is 29.6 Å². The van der Waals surface area contributed by atoms with Crippen LogP contribution in [0.15, 0.2) is 48.5 Å². The molecule has 0 unspecified atom stereocenters. The molecule has 0 N–H and O–H groups in total. The molecule has 0 heterocycles. The van der Waals surface area contributed by atoms with Crippen molar-refractivity contribution in [1.29, 1.82) is 0 Å². The molecule has 0 aliphatic rings. The van der Waals surface area contributed by atoms with Crippen LogP contribution in [0.2, 0.25) is 0 Å². The molecule has 0 aliphatic heterocycles. The van der Waals surface area contributed by atoms with Crippen LogP contribution in [0.1, 0.15) is 153 Å². The molecule has 0 saturated carbocycles. The molecule has 0 radical (unpaired) electrons. The fourth-order valence-corrected chi connectivity index (χ4v) is 5.43. The predicted molar refractivity (Wildman–Crippen MR) is 164 cm³/mol. The summed E-state index contributed by atoms with van der Waals surface area (Å²) < 4.78 is 6.39. The van der Waals surface area contributed by atoms with Gasteiger partial charge in [-0.15, -0.1) is 0 Å². The van der Waals surface area contributed by atoms with Gasteiger partial charge in [-0.1, -0.05) is 160 Å². The largest absolute Gasteiger partial charge is 1.00 e. The minimum Gasteiger partial charge on any atom is -0.457 e. The van der Waals surface area contributed by atoms with Crippen molar-refractivity contribution in [3.8, 4) is 11.5 Å². The maximum absolute atomic E-state index is 6.39. The Bertz CT molecular complexity index is 772. The average molecular weight is 530 g/mol. The molecule has 0 aliphatic carbocycles. The van der Waals surface area contributed by atoms with Crippen LogP contribution in [0.4, 0.5) is 0 Å². The summed E-state index contributed by atoms with van der Waals surface area (Å²) in [5.41, 5.74) is 2.98. The van der Waals surface area contributed by atoms with E-state index in [0.29, 0.717) is 0 Å². The van der Waals surface area contributed by atoms with Gasteiger partial charge in [-0.05, 0) is 55.0 Å². The first-order chi connectivity index (χ1) is 18.3. The van der Waals surface area contributed by atoms with Crippen molar-refractivity contribution in [1.82, 2.24) is 0 Å². The van der Waals surface area contributed by atoms with E-state index < -0.39 is 0 Å². The van der Waals surface area contributed by atoms with Gasteiger partial charge in [-0.2, -0.15) is 0 Å². The molecule has 0 spiro atoms. The SMILES string of the molecule is CCCCCCCCCCCCc1cccc(Oc2ccccc2)c1CCCCCCCCCCCC.[Na+]. The maximum Gasteiger partial charge on any atom is 1.00 e. The van der Waals surface area contributed by atoms with E-state index >= 15 is 0 Å². The second-order valence-electron chi connectivity index (χ2n) is 11.2. The molecular formula is C36H58NaO+. The summed E-state index contributed by atoms with van der Waals surface area (Å²) in [7, 11) is 0. The molecule has 0 fully saturated rings. The Morgan fingerprint density at radius 3 is 1.39 bits per heavy atom. The van der Waals surface area contributed by atoms with Gasteiger partial charge in [0.1, 0.15) is 11.5 Å². The molecule has 0 bridgehead atoms. The number of hydrogen-bond acceptors (Lipinski definition) is 1. The van der Waals surface area contributed by atoms with Crippen molar-refractivity contribution in [2.45, 2.75) is 155 Å². The van der Waals surface area contributed by atoms with E-state index in [4.69, 9.17) is 4.74 Å². The summed E-state index contributed by atoms with van der Waals surface area (Å²) in [6.45, 7) is 4.60. The van der Waals surface area contributed by atoms with Gasteiger partial charge in [0.2, 0.25) is 0 Å². The van der Waals surface area contributed by atoms with E-state index in [9.17, 15) is 0 Å². The third-order valence-corrected chi connectivity index (χ3v) is 7.78. The van der Waals surface area contributed by atoms with Crippen molar-refractivity contribution >= 4 is 0 Å². The number of para-hydroxylation sites is 1. The zero-order valence-electron chi connectivity index (χ0n) is 25.6.